The highest BCUT2D eigenvalue weighted by atomic mass is 35.5. The van der Waals surface area contributed by atoms with Crippen LogP contribution in [0.4, 0.5) is 0 Å². The van der Waals surface area contributed by atoms with Gasteiger partial charge in [0, 0.05) is 19.1 Å². The average molecular weight is 342 g/mol. The second-order valence-corrected chi connectivity index (χ2v) is 6.53. The number of hydrogen-bond donors (Lipinski definition) is 0. The summed E-state index contributed by atoms with van der Waals surface area (Å²) in [6, 6.07) is 19.2. The minimum absolute atomic E-state index is 0.361. The molecule has 0 amide bonds. The molecule has 2 aromatic carbocycles. The maximum absolute atomic E-state index is 6.17. The zero-order valence-electron chi connectivity index (χ0n) is 14.3. The van der Waals surface area contributed by atoms with Crippen molar-refractivity contribution in [2.45, 2.75) is 31.8 Å². The van der Waals surface area contributed by atoms with E-state index >= 15 is 0 Å². The van der Waals surface area contributed by atoms with E-state index in [1.54, 1.807) is 0 Å². The van der Waals surface area contributed by atoms with Crippen molar-refractivity contribution in [1.29, 1.82) is 0 Å². The molecule has 0 spiro atoms. The van der Waals surface area contributed by atoms with Gasteiger partial charge >= 0.3 is 0 Å². The van der Waals surface area contributed by atoms with Crippen LogP contribution in [0.25, 0.3) is 11.0 Å². The van der Waals surface area contributed by atoms with Gasteiger partial charge in [0.2, 0.25) is 0 Å². The van der Waals surface area contributed by atoms with E-state index < -0.39 is 0 Å². The van der Waals surface area contributed by atoms with E-state index in [4.69, 9.17) is 16.6 Å². The first-order valence-corrected chi connectivity index (χ1v) is 9.00. The lowest BCUT2D eigenvalue weighted by atomic mass is 10.1. The lowest BCUT2D eigenvalue weighted by molar-refractivity contribution is 0.265. The van der Waals surface area contributed by atoms with Crippen LogP contribution in [0.2, 0.25) is 0 Å². The molecule has 24 heavy (non-hydrogen) atoms. The molecule has 1 heterocycles. The van der Waals surface area contributed by atoms with Gasteiger partial charge in [-0.25, -0.2) is 4.98 Å². The normalized spacial score (nSPS) is 12.8. The number of benzene rings is 2. The van der Waals surface area contributed by atoms with E-state index in [2.05, 4.69) is 72.0 Å². The molecule has 1 aromatic heterocycles. The maximum atomic E-state index is 6.17. The Bertz CT molecular complexity index is 782. The van der Waals surface area contributed by atoms with Crippen LogP contribution in [0.5, 0.6) is 0 Å². The molecule has 0 fully saturated rings. The molecule has 0 unspecified atom stereocenters. The number of likely N-dealkylation sites (N-methyl/N-ethyl adjacent to an activating group) is 1. The highest BCUT2D eigenvalue weighted by molar-refractivity contribution is 6.16. The number of imidazole rings is 1. The molecule has 3 nitrogen and oxygen atoms in total. The van der Waals surface area contributed by atoms with Crippen LogP contribution in [-0.2, 0) is 12.4 Å². The molecule has 3 aromatic rings. The molecular formula is C20H24ClN3. The van der Waals surface area contributed by atoms with Crippen molar-refractivity contribution >= 4 is 22.6 Å². The Morgan fingerprint density at radius 1 is 1.08 bits per heavy atom. The average Bonchev–Trinajstić information content (AvgIpc) is 2.99. The zero-order valence-corrected chi connectivity index (χ0v) is 15.1. The Hall–Kier alpha value is -1.84. The van der Waals surface area contributed by atoms with Gasteiger partial charge in [0.05, 0.1) is 16.9 Å². The smallest absolute Gasteiger partial charge is 0.125 e. The van der Waals surface area contributed by atoms with Crippen LogP contribution in [-0.4, -0.2) is 28.0 Å². The first-order valence-electron chi connectivity index (χ1n) is 8.47. The third kappa shape index (κ3) is 3.63. The molecule has 0 saturated carbocycles. The Morgan fingerprint density at radius 3 is 2.50 bits per heavy atom. The number of aromatic nitrogens is 2. The van der Waals surface area contributed by atoms with Crippen molar-refractivity contribution in [2.75, 3.05) is 13.6 Å². The summed E-state index contributed by atoms with van der Waals surface area (Å²) < 4.78 is 2.32. The second-order valence-electron chi connectivity index (χ2n) is 6.26. The van der Waals surface area contributed by atoms with Gasteiger partial charge in [-0.3, -0.25) is 0 Å². The highest BCUT2D eigenvalue weighted by Gasteiger charge is 2.18. The first-order chi connectivity index (χ1) is 11.7. The molecule has 0 saturated heterocycles. The van der Waals surface area contributed by atoms with Gasteiger partial charge in [0.1, 0.15) is 5.82 Å². The lowest BCUT2D eigenvalue weighted by Crippen LogP contribution is -2.28. The van der Waals surface area contributed by atoms with E-state index in [0.717, 1.165) is 30.9 Å². The van der Waals surface area contributed by atoms with Crippen molar-refractivity contribution < 1.29 is 0 Å². The van der Waals surface area contributed by atoms with Crippen molar-refractivity contribution in [3.05, 3.63) is 66.0 Å². The second kappa shape index (κ2) is 7.82. The number of para-hydroxylation sites is 2. The lowest BCUT2D eigenvalue weighted by Gasteiger charge is -2.26. The quantitative estimate of drug-likeness (QED) is 0.572. The molecule has 0 aliphatic carbocycles. The molecule has 0 aliphatic rings. The number of hydrogen-bond acceptors (Lipinski definition) is 2. The molecule has 4 heteroatoms. The van der Waals surface area contributed by atoms with Crippen molar-refractivity contribution in [2.24, 2.45) is 0 Å². The van der Waals surface area contributed by atoms with Gasteiger partial charge in [-0.1, -0.05) is 49.4 Å². The highest BCUT2D eigenvalue weighted by Crippen LogP contribution is 2.25. The first kappa shape index (κ1) is 17.0. The van der Waals surface area contributed by atoms with Crippen molar-refractivity contribution in [3.63, 3.8) is 0 Å². The number of nitrogens with zero attached hydrogens (tertiary/aromatic N) is 3. The molecule has 0 radical (unpaired) electrons. The molecule has 3 rings (SSSR count). The Morgan fingerprint density at radius 2 is 1.79 bits per heavy atom. The number of alkyl halides is 1. The minimum Gasteiger partial charge on any atom is -0.323 e. The van der Waals surface area contributed by atoms with Gasteiger partial charge in [-0.15, -0.1) is 11.6 Å². The van der Waals surface area contributed by atoms with Gasteiger partial charge in [0.15, 0.2) is 0 Å². The van der Waals surface area contributed by atoms with E-state index in [1.165, 1.54) is 11.1 Å². The van der Waals surface area contributed by atoms with Gasteiger partial charge in [-0.05, 0) is 31.2 Å². The van der Waals surface area contributed by atoms with Crippen LogP contribution in [0.15, 0.2) is 54.6 Å². The van der Waals surface area contributed by atoms with Crippen LogP contribution in [0, 0.1) is 0 Å². The van der Waals surface area contributed by atoms with E-state index in [0.29, 0.717) is 11.9 Å². The monoisotopic (exact) mass is 341 g/mol. The SMILES string of the molecule is CC[C@H](CN(C)Cc1ccccc1)n1c(CCl)nc2ccccc21. The molecule has 0 bridgehead atoms. The molecule has 126 valence electrons. The summed E-state index contributed by atoms with van der Waals surface area (Å²) in [5, 5.41) is 0. The van der Waals surface area contributed by atoms with Crippen LogP contribution in [0.1, 0.15) is 30.8 Å². The molecule has 1 atom stereocenters. The number of fused-ring (bicyclic) bond motifs is 1. The van der Waals surface area contributed by atoms with Gasteiger partial charge < -0.3 is 9.47 Å². The molecule has 0 aliphatic heterocycles. The number of rotatable bonds is 7. The summed E-state index contributed by atoms with van der Waals surface area (Å²) in [6.45, 7) is 4.14. The summed E-state index contributed by atoms with van der Waals surface area (Å²) in [4.78, 5) is 7.08. The maximum Gasteiger partial charge on any atom is 0.125 e. The van der Waals surface area contributed by atoms with Crippen molar-refractivity contribution in [1.82, 2.24) is 14.5 Å². The van der Waals surface area contributed by atoms with Crippen LogP contribution < -0.4 is 0 Å². The fourth-order valence-electron chi connectivity index (χ4n) is 3.31. The van der Waals surface area contributed by atoms with Crippen LogP contribution >= 0.6 is 11.6 Å². The Labute approximate surface area is 148 Å². The predicted molar refractivity (Wildman–Crippen MR) is 101 cm³/mol. The fraction of sp³-hybridized carbons (Fsp3) is 0.350. The predicted octanol–water partition coefficient (Wildman–Crippen LogP) is 4.86. The summed E-state index contributed by atoms with van der Waals surface area (Å²) in [7, 11) is 2.18. The van der Waals surface area contributed by atoms with Crippen molar-refractivity contribution in [3.8, 4) is 0 Å². The van der Waals surface area contributed by atoms with Gasteiger partial charge in [0.25, 0.3) is 0 Å². The van der Waals surface area contributed by atoms with Crippen LogP contribution in [0.3, 0.4) is 0 Å². The summed E-state index contributed by atoms with van der Waals surface area (Å²) in [6.07, 6.45) is 1.05. The summed E-state index contributed by atoms with van der Waals surface area (Å²) in [5.41, 5.74) is 3.54. The standard InChI is InChI=1S/C20H24ClN3/c1-3-17(15-23(2)14-16-9-5-4-6-10-16)24-19-12-8-7-11-18(19)22-20(24)13-21/h4-12,17H,3,13-15H2,1-2H3/t17-/m1/s1. The number of halogens is 1. The largest absolute Gasteiger partial charge is 0.323 e. The molecule has 0 N–H and O–H groups in total. The third-order valence-corrected chi connectivity index (χ3v) is 4.68. The fourth-order valence-corrected chi connectivity index (χ4v) is 3.50. The Kier molecular flexibility index (Phi) is 5.54. The minimum atomic E-state index is 0.361. The third-order valence-electron chi connectivity index (χ3n) is 4.44. The summed E-state index contributed by atoms with van der Waals surface area (Å²) >= 11 is 6.17. The zero-order chi connectivity index (χ0) is 16.9. The van der Waals surface area contributed by atoms with E-state index in [-0.39, 0.29) is 0 Å². The summed E-state index contributed by atoms with van der Waals surface area (Å²) in [5.74, 6) is 1.39. The van der Waals surface area contributed by atoms with E-state index in [1.807, 2.05) is 6.07 Å². The Balaban J connectivity index is 1.83. The van der Waals surface area contributed by atoms with Gasteiger partial charge in [-0.2, -0.15) is 0 Å². The topological polar surface area (TPSA) is 21.1 Å². The molecular weight excluding hydrogens is 318 g/mol. The van der Waals surface area contributed by atoms with E-state index in [9.17, 15) is 0 Å².